The van der Waals surface area contributed by atoms with Gasteiger partial charge < -0.3 is 5.32 Å². The first-order valence-corrected chi connectivity index (χ1v) is 8.70. The fourth-order valence-electron chi connectivity index (χ4n) is 1.49. The van der Waals surface area contributed by atoms with Crippen molar-refractivity contribution in [3.05, 3.63) is 16.5 Å². The first-order valence-electron chi connectivity index (χ1n) is 6.40. The lowest BCUT2D eigenvalue weighted by atomic mass is 10.3. The number of sulfonamides is 1. The Morgan fingerprint density at radius 3 is 2.48 bits per heavy atom. The van der Waals surface area contributed by atoms with Crippen LogP contribution in [0.1, 0.15) is 30.7 Å². The SMILES string of the molecule is Cc1cc(S(=O)(=O)NCCC(F)(F)F)sc1CNC(C)C. The Morgan fingerprint density at radius 1 is 1.33 bits per heavy atom. The monoisotopic (exact) mass is 344 g/mol. The lowest BCUT2D eigenvalue weighted by molar-refractivity contribution is -0.132. The summed E-state index contributed by atoms with van der Waals surface area (Å²) in [5.74, 6) is 0. The van der Waals surface area contributed by atoms with Crippen LogP contribution in [0.25, 0.3) is 0 Å². The highest BCUT2D eigenvalue weighted by atomic mass is 32.2. The van der Waals surface area contributed by atoms with Crippen LogP contribution in [0.4, 0.5) is 13.2 Å². The standard InChI is InChI=1S/C12H19F3N2O2S2/c1-8(2)16-7-10-9(3)6-11(20-10)21(18,19)17-5-4-12(13,14)15/h6,8,16-17H,4-5,7H2,1-3H3. The van der Waals surface area contributed by atoms with Crippen LogP contribution in [0.3, 0.4) is 0 Å². The number of hydrogen-bond donors (Lipinski definition) is 2. The van der Waals surface area contributed by atoms with Gasteiger partial charge in [-0.1, -0.05) is 13.8 Å². The molecule has 1 heterocycles. The Bertz CT molecular complexity index is 566. The third-order valence-corrected chi connectivity index (χ3v) is 5.81. The van der Waals surface area contributed by atoms with Crippen LogP contribution in [0.2, 0.25) is 0 Å². The normalized spacial score (nSPS) is 13.1. The van der Waals surface area contributed by atoms with Crippen molar-refractivity contribution >= 4 is 21.4 Å². The van der Waals surface area contributed by atoms with Gasteiger partial charge in [-0.05, 0) is 18.6 Å². The van der Waals surface area contributed by atoms with Gasteiger partial charge in [0.15, 0.2) is 0 Å². The molecule has 0 bridgehead atoms. The van der Waals surface area contributed by atoms with E-state index in [0.717, 1.165) is 21.8 Å². The Kier molecular flexibility index (Phi) is 6.21. The minimum Gasteiger partial charge on any atom is -0.310 e. The van der Waals surface area contributed by atoms with E-state index in [1.165, 1.54) is 6.07 Å². The Hall–Kier alpha value is -0.640. The largest absolute Gasteiger partial charge is 0.390 e. The molecular formula is C12H19F3N2O2S2. The number of aryl methyl sites for hydroxylation is 1. The zero-order valence-electron chi connectivity index (χ0n) is 12.0. The molecule has 0 saturated carbocycles. The molecule has 0 aliphatic rings. The van der Waals surface area contributed by atoms with Gasteiger partial charge in [0.1, 0.15) is 4.21 Å². The summed E-state index contributed by atoms with van der Waals surface area (Å²) in [6.07, 6.45) is -5.56. The first kappa shape index (κ1) is 18.4. The molecule has 0 aliphatic heterocycles. The molecule has 0 spiro atoms. The summed E-state index contributed by atoms with van der Waals surface area (Å²) in [6, 6.07) is 1.74. The predicted octanol–water partition coefficient (Wildman–Crippen LogP) is 2.79. The molecule has 9 heteroatoms. The molecule has 122 valence electrons. The van der Waals surface area contributed by atoms with Gasteiger partial charge in [-0.3, -0.25) is 0 Å². The molecule has 0 aromatic carbocycles. The second kappa shape index (κ2) is 7.08. The van der Waals surface area contributed by atoms with Crippen molar-refractivity contribution in [3.8, 4) is 0 Å². The summed E-state index contributed by atoms with van der Waals surface area (Å²) >= 11 is 1.07. The molecule has 2 N–H and O–H groups in total. The van der Waals surface area contributed by atoms with Crippen LogP contribution in [0.5, 0.6) is 0 Å². The van der Waals surface area contributed by atoms with Crippen molar-refractivity contribution in [2.45, 2.75) is 50.2 Å². The number of rotatable bonds is 7. The number of halogens is 3. The van der Waals surface area contributed by atoms with Crippen LogP contribution in [0.15, 0.2) is 10.3 Å². The Labute approximate surface area is 126 Å². The van der Waals surface area contributed by atoms with Gasteiger partial charge in [0.2, 0.25) is 10.0 Å². The summed E-state index contributed by atoms with van der Waals surface area (Å²) in [5.41, 5.74) is 0.810. The van der Waals surface area contributed by atoms with Crippen LogP contribution in [-0.2, 0) is 16.6 Å². The summed E-state index contributed by atoms with van der Waals surface area (Å²) in [4.78, 5) is 0.861. The van der Waals surface area contributed by atoms with Crippen LogP contribution in [0, 0.1) is 6.92 Å². The average Bonchev–Trinajstić information content (AvgIpc) is 2.66. The van der Waals surface area contributed by atoms with Gasteiger partial charge in [-0.25, -0.2) is 13.1 Å². The third kappa shape index (κ3) is 6.33. The van der Waals surface area contributed by atoms with E-state index in [2.05, 4.69) is 5.32 Å². The molecule has 0 saturated heterocycles. The molecule has 0 atom stereocenters. The fourth-order valence-corrected chi connectivity index (χ4v) is 4.11. The highest BCUT2D eigenvalue weighted by molar-refractivity contribution is 7.91. The summed E-state index contributed by atoms with van der Waals surface area (Å²) in [5, 5.41) is 3.18. The van der Waals surface area contributed by atoms with Crippen molar-refractivity contribution in [3.63, 3.8) is 0 Å². The van der Waals surface area contributed by atoms with Crippen molar-refractivity contribution in [1.82, 2.24) is 10.0 Å². The fraction of sp³-hybridized carbons (Fsp3) is 0.667. The van der Waals surface area contributed by atoms with Crippen molar-refractivity contribution in [1.29, 1.82) is 0 Å². The van der Waals surface area contributed by atoms with Crippen molar-refractivity contribution in [2.24, 2.45) is 0 Å². The Balaban J connectivity index is 2.73. The maximum absolute atomic E-state index is 12.0. The maximum Gasteiger partial charge on any atom is 0.390 e. The lowest BCUT2D eigenvalue weighted by Crippen LogP contribution is -2.27. The minimum atomic E-state index is -4.37. The highest BCUT2D eigenvalue weighted by Gasteiger charge is 2.28. The minimum absolute atomic E-state index is 0.0442. The van der Waals surface area contributed by atoms with Crippen LogP contribution >= 0.6 is 11.3 Å². The molecule has 1 aromatic rings. The number of nitrogens with one attached hydrogen (secondary N) is 2. The van der Waals surface area contributed by atoms with E-state index in [9.17, 15) is 21.6 Å². The van der Waals surface area contributed by atoms with Gasteiger partial charge in [-0.2, -0.15) is 13.2 Å². The summed E-state index contributed by atoms with van der Waals surface area (Å²) < 4.78 is 62.0. The predicted molar refractivity (Wildman–Crippen MR) is 76.9 cm³/mol. The second-order valence-corrected chi connectivity index (χ2v) is 8.10. The molecular weight excluding hydrogens is 325 g/mol. The third-order valence-electron chi connectivity index (χ3n) is 2.63. The number of thiophene rings is 1. The topological polar surface area (TPSA) is 58.2 Å². The molecule has 0 unspecified atom stereocenters. The molecule has 0 aliphatic carbocycles. The van der Waals surface area contributed by atoms with Crippen molar-refractivity contribution in [2.75, 3.05) is 6.54 Å². The summed E-state index contributed by atoms with van der Waals surface area (Å²) in [6.45, 7) is 5.61. The zero-order valence-corrected chi connectivity index (χ0v) is 13.7. The molecule has 21 heavy (non-hydrogen) atoms. The molecule has 0 radical (unpaired) electrons. The highest BCUT2D eigenvalue weighted by Crippen LogP contribution is 2.26. The number of hydrogen-bond acceptors (Lipinski definition) is 4. The number of alkyl halides is 3. The van der Waals surface area contributed by atoms with E-state index >= 15 is 0 Å². The smallest absolute Gasteiger partial charge is 0.310 e. The maximum atomic E-state index is 12.0. The Morgan fingerprint density at radius 2 is 1.95 bits per heavy atom. The van der Waals surface area contributed by atoms with Gasteiger partial charge in [0.05, 0.1) is 6.42 Å². The van der Waals surface area contributed by atoms with Crippen LogP contribution in [-0.4, -0.2) is 27.2 Å². The van der Waals surface area contributed by atoms with Gasteiger partial charge in [0.25, 0.3) is 0 Å². The van der Waals surface area contributed by atoms with E-state index in [1.54, 1.807) is 6.92 Å². The summed E-state index contributed by atoms with van der Waals surface area (Å²) in [7, 11) is -3.88. The van der Waals surface area contributed by atoms with Crippen LogP contribution < -0.4 is 10.0 Å². The zero-order chi connectivity index (χ0) is 16.3. The quantitative estimate of drug-likeness (QED) is 0.800. The molecule has 1 aromatic heterocycles. The molecule has 1 rings (SSSR count). The first-order chi connectivity index (χ1) is 9.51. The molecule has 0 amide bonds. The molecule has 0 fully saturated rings. The van der Waals surface area contributed by atoms with Gasteiger partial charge >= 0.3 is 6.18 Å². The average molecular weight is 344 g/mol. The lowest BCUT2D eigenvalue weighted by Gasteiger charge is -2.07. The van der Waals surface area contributed by atoms with Gasteiger partial charge in [-0.15, -0.1) is 11.3 Å². The van der Waals surface area contributed by atoms with E-state index in [4.69, 9.17) is 0 Å². The van der Waals surface area contributed by atoms with Gasteiger partial charge in [0, 0.05) is 24.0 Å². The van der Waals surface area contributed by atoms with E-state index in [0.29, 0.717) is 6.54 Å². The van der Waals surface area contributed by atoms with E-state index < -0.39 is 29.2 Å². The molecule has 4 nitrogen and oxygen atoms in total. The van der Waals surface area contributed by atoms with E-state index in [-0.39, 0.29) is 10.3 Å². The second-order valence-electron chi connectivity index (χ2n) is 4.97. The van der Waals surface area contributed by atoms with Crippen molar-refractivity contribution < 1.29 is 21.6 Å². The van der Waals surface area contributed by atoms with E-state index in [1.807, 2.05) is 18.6 Å².